The number of benzene rings is 1. The zero-order valence-electron chi connectivity index (χ0n) is 10.6. The number of fused-ring (bicyclic) bond motifs is 4. The molecule has 4 rings (SSSR count). The number of nitrogens with one attached hydrogen (secondary N) is 1. The van der Waals surface area contributed by atoms with Crippen molar-refractivity contribution in [2.75, 3.05) is 0 Å². The zero-order chi connectivity index (χ0) is 12.1. The highest BCUT2D eigenvalue weighted by molar-refractivity contribution is 6.07. The van der Waals surface area contributed by atoms with Gasteiger partial charge >= 0.3 is 0 Å². The van der Waals surface area contributed by atoms with E-state index in [1.807, 2.05) is 0 Å². The van der Waals surface area contributed by atoms with E-state index in [0.717, 1.165) is 12.1 Å². The van der Waals surface area contributed by atoms with Gasteiger partial charge in [-0.05, 0) is 49.8 Å². The van der Waals surface area contributed by atoms with Gasteiger partial charge in [0.2, 0.25) is 0 Å². The number of hydrogen-bond acceptors (Lipinski definition) is 1. The van der Waals surface area contributed by atoms with E-state index in [1.165, 1.54) is 52.4 Å². The van der Waals surface area contributed by atoms with Gasteiger partial charge in [0.15, 0.2) is 0 Å². The van der Waals surface area contributed by atoms with Crippen LogP contribution in [-0.4, -0.2) is 9.97 Å². The first kappa shape index (κ1) is 10.1. The summed E-state index contributed by atoms with van der Waals surface area (Å²) in [6, 6.07) is 8.51. The van der Waals surface area contributed by atoms with Crippen molar-refractivity contribution >= 4 is 21.9 Å². The Morgan fingerprint density at radius 3 is 2.89 bits per heavy atom. The SMILES string of the molecule is Cc1c2c(nc3[nH]c4ccccc4c13)CCCC2. The summed E-state index contributed by atoms with van der Waals surface area (Å²) in [4.78, 5) is 8.32. The molecule has 2 heteroatoms. The van der Waals surface area contributed by atoms with Crippen LogP contribution >= 0.6 is 0 Å². The first-order valence-corrected chi connectivity index (χ1v) is 6.73. The van der Waals surface area contributed by atoms with E-state index in [9.17, 15) is 0 Å². The molecule has 0 unspecified atom stereocenters. The summed E-state index contributed by atoms with van der Waals surface area (Å²) in [6.45, 7) is 2.26. The molecule has 1 aliphatic carbocycles. The number of H-pyrrole nitrogens is 1. The van der Waals surface area contributed by atoms with E-state index >= 15 is 0 Å². The van der Waals surface area contributed by atoms with Crippen LogP contribution in [0.15, 0.2) is 24.3 Å². The van der Waals surface area contributed by atoms with E-state index in [1.54, 1.807) is 0 Å². The molecule has 3 aromatic rings. The summed E-state index contributed by atoms with van der Waals surface area (Å²) in [6.07, 6.45) is 4.93. The van der Waals surface area contributed by atoms with Gasteiger partial charge in [-0.3, -0.25) is 0 Å². The fourth-order valence-electron chi connectivity index (χ4n) is 3.29. The minimum Gasteiger partial charge on any atom is -0.339 e. The molecular formula is C16H16N2. The van der Waals surface area contributed by atoms with Crippen molar-refractivity contribution in [2.45, 2.75) is 32.6 Å². The monoisotopic (exact) mass is 236 g/mol. The molecule has 0 fully saturated rings. The van der Waals surface area contributed by atoms with Crippen LogP contribution < -0.4 is 0 Å². The van der Waals surface area contributed by atoms with Crippen molar-refractivity contribution < 1.29 is 0 Å². The maximum Gasteiger partial charge on any atom is 0.138 e. The normalized spacial score (nSPS) is 15.2. The largest absolute Gasteiger partial charge is 0.339 e. The van der Waals surface area contributed by atoms with Crippen LogP contribution in [0.4, 0.5) is 0 Å². The Morgan fingerprint density at radius 1 is 1.11 bits per heavy atom. The molecule has 1 aliphatic rings. The van der Waals surface area contributed by atoms with E-state index in [4.69, 9.17) is 4.98 Å². The van der Waals surface area contributed by atoms with Gasteiger partial charge in [0.25, 0.3) is 0 Å². The number of rotatable bonds is 0. The van der Waals surface area contributed by atoms with Gasteiger partial charge in [-0.1, -0.05) is 18.2 Å². The van der Waals surface area contributed by atoms with Gasteiger partial charge in [-0.15, -0.1) is 0 Å². The quantitative estimate of drug-likeness (QED) is 0.630. The average molecular weight is 236 g/mol. The van der Waals surface area contributed by atoms with Crippen LogP contribution in [0.2, 0.25) is 0 Å². The number of aromatic nitrogens is 2. The van der Waals surface area contributed by atoms with Crippen LogP contribution in [0.25, 0.3) is 21.9 Å². The minimum atomic E-state index is 1.06. The Hall–Kier alpha value is -1.83. The molecule has 2 heterocycles. The molecule has 0 aliphatic heterocycles. The Labute approximate surface area is 106 Å². The lowest BCUT2D eigenvalue weighted by atomic mass is 9.91. The fourth-order valence-corrected chi connectivity index (χ4v) is 3.29. The van der Waals surface area contributed by atoms with Crippen LogP contribution in [0.1, 0.15) is 29.7 Å². The van der Waals surface area contributed by atoms with Crippen molar-refractivity contribution in [2.24, 2.45) is 0 Å². The molecule has 0 saturated carbocycles. The zero-order valence-corrected chi connectivity index (χ0v) is 10.6. The van der Waals surface area contributed by atoms with Gasteiger partial charge in [0, 0.05) is 22.0 Å². The number of aryl methyl sites for hydroxylation is 2. The van der Waals surface area contributed by atoms with Crippen LogP contribution in [0, 0.1) is 6.92 Å². The first-order chi connectivity index (χ1) is 8.84. The van der Waals surface area contributed by atoms with Gasteiger partial charge < -0.3 is 4.98 Å². The van der Waals surface area contributed by atoms with Crippen molar-refractivity contribution in [1.29, 1.82) is 0 Å². The second kappa shape index (κ2) is 3.58. The van der Waals surface area contributed by atoms with Crippen molar-refractivity contribution in [3.63, 3.8) is 0 Å². The highest BCUT2D eigenvalue weighted by Crippen LogP contribution is 2.32. The Kier molecular flexibility index (Phi) is 2.01. The van der Waals surface area contributed by atoms with Crippen LogP contribution in [0.3, 0.4) is 0 Å². The second-order valence-corrected chi connectivity index (χ2v) is 5.26. The fraction of sp³-hybridized carbons (Fsp3) is 0.312. The predicted octanol–water partition coefficient (Wildman–Crippen LogP) is 3.90. The second-order valence-electron chi connectivity index (χ2n) is 5.26. The molecular weight excluding hydrogens is 220 g/mol. The van der Waals surface area contributed by atoms with Gasteiger partial charge in [-0.2, -0.15) is 0 Å². The molecule has 0 saturated heterocycles. The molecule has 0 amide bonds. The highest BCUT2D eigenvalue weighted by atomic mass is 14.9. The molecule has 2 nitrogen and oxygen atoms in total. The van der Waals surface area contributed by atoms with Gasteiger partial charge in [-0.25, -0.2) is 4.98 Å². The summed E-state index contributed by atoms with van der Waals surface area (Å²) < 4.78 is 0. The van der Waals surface area contributed by atoms with E-state index < -0.39 is 0 Å². The molecule has 90 valence electrons. The molecule has 0 spiro atoms. The number of aromatic amines is 1. The number of nitrogens with zero attached hydrogens (tertiary/aromatic N) is 1. The van der Waals surface area contributed by atoms with Gasteiger partial charge in [0.1, 0.15) is 5.65 Å². The summed E-state index contributed by atoms with van der Waals surface area (Å²) in [7, 11) is 0. The highest BCUT2D eigenvalue weighted by Gasteiger charge is 2.17. The maximum atomic E-state index is 4.86. The molecule has 0 atom stereocenters. The van der Waals surface area contributed by atoms with Crippen molar-refractivity contribution in [3.05, 3.63) is 41.1 Å². The number of pyridine rings is 1. The summed E-state index contributed by atoms with van der Waals surface area (Å²) in [5.74, 6) is 0. The van der Waals surface area contributed by atoms with E-state index in [2.05, 4.69) is 36.2 Å². The predicted molar refractivity (Wildman–Crippen MR) is 75.0 cm³/mol. The first-order valence-electron chi connectivity index (χ1n) is 6.73. The topological polar surface area (TPSA) is 28.7 Å². The molecule has 1 N–H and O–H groups in total. The third-order valence-electron chi connectivity index (χ3n) is 4.20. The van der Waals surface area contributed by atoms with E-state index in [-0.39, 0.29) is 0 Å². The number of hydrogen-bond donors (Lipinski definition) is 1. The summed E-state index contributed by atoms with van der Waals surface area (Å²) in [5, 5.41) is 2.64. The Balaban J connectivity index is 2.18. The standard InChI is InChI=1S/C16H16N2/c1-10-11-6-2-4-8-13(11)17-16-15(10)12-7-3-5-9-14(12)18-16/h3,5,7,9H,2,4,6,8H2,1H3,(H,17,18). The summed E-state index contributed by atoms with van der Waals surface area (Å²) in [5.41, 5.74) is 6.52. The van der Waals surface area contributed by atoms with Gasteiger partial charge in [0.05, 0.1) is 0 Å². The molecule has 1 aromatic carbocycles. The number of para-hydroxylation sites is 1. The minimum absolute atomic E-state index is 1.06. The average Bonchev–Trinajstić information content (AvgIpc) is 2.77. The maximum absolute atomic E-state index is 4.86. The van der Waals surface area contributed by atoms with Crippen molar-refractivity contribution in [3.8, 4) is 0 Å². The third kappa shape index (κ3) is 1.26. The molecule has 18 heavy (non-hydrogen) atoms. The smallest absolute Gasteiger partial charge is 0.138 e. The third-order valence-corrected chi connectivity index (χ3v) is 4.20. The molecule has 0 bridgehead atoms. The lowest BCUT2D eigenvalue weighted by molar-refractivity contribution is 0.667. The lowest BCUT2D eigenvalue weighted by Gasteiger charge is -2.17. The van der Waals surface area contributed by atoms with E-state index in [0.29, 0.717) is 0 Å². The Bertz CT molecular complexity index is 752. The molecule has 0 radical (unpaired) electrons. The lowest BCUT2D eigenvalue weighted by Crippen LogP contribution is -2.07. The molecule has 2 aromatic heterocycles. The Morgan fingerprint density at radius 2 is 1.94 bits per heavy atom. The van der Waals surface area contributed by atoms with Crippen LogP contribution in [0.5, 0.6) is 0 Å². The van der Waals surface area contributed by atoms with Crippen LogP contribution in [-0.2, 0) is 12.8 Å². The van der Waals surface area contributed by atoms with Crippen molar-refractivity contribution in [1.82, 2.24) is 9.97 Å². The summed E-state index contributed by atoms with van der Waals surface area (Å²) >= 11 is 0.